The van der Waals surface area contributed by atoms with Crippen LogP contribution < -0.4 is 19.5 Å². The Morgan fingerprint density at radius 2 is 2.08 bits per heavy atom. The molecule has 2 heterocycles. The van der Waals surface area contributed by atoms with E-state index in [1.54, 1.807) is 13.4 Å². The van der Waals surface area contributed by atoms with Crippen LogP contribution in [-0.4, -0.2) is 45.1 Å². The van der Waals surface area contributed by atoms with Crippen molar-refractivity contribution >= 4 is 26.9 Å². The van der Waals surface area contributed by atoms with Crippen molar-refractivity contribution in [3.8, 4) is 5.75 Å². The summed E-state index contributed by atoms with van der Waals surface area (Å²) in [5.74, 6) is 2.40. The number of ether oxygens (including phenoxy) is 1. The lowest BCUT2D eigenvalue weighted by Gasteiger charge is -2.35. The van der Waals surface area contributed by atoms with E-state index < -0.39 is 10.2 Å². The molecule has 26 heavy (non-hydrogen) atoms. The van der Waals surface area contributed by atoms with Gasteiger partial charge in [0.1, 0.15) is 17.9 Å². The molecule has 1 aromatic heterocycles. The number of nitrogens with zero attached hydrogens (tertiary/aromatic N) is 3. The predicted octanol–water partition coefficient (Wildman–Crippen LogP) is 1.28. The summed E-state index contributed by atoms with van der Waals surface area (Å²) in [6, 6.07) is 5.82. The van der Waals surface area contributed by atoms with Crippen molar-refractivity contribution < 1.29 is 13.2 Å². The van der Waals surface area contributed by atoms with Gasteiger partial charge in [-0.3, -0.25) is 0 Å². The first-order valence-corrected chi connectivity index (χ1v) is 10.2. The zero-order valence-corrected chi connectivity index (χ0v) is 15.9. The third-order valence-corrected chi connectivity index (χ3v) is 5.64. The molecule has 1 unspecified atom stereocenters. The van der Waals surface area contributed by atoms with Crippen molar-refractivity contribution in [1.82, 2.24) is 14.7 Å². The van der Waals surface area contributed by atoms with E-state index in [4.69, 9.17) is 9.88 Å². The summed E-state index contributed by atoms with van der Waals surface area (Å²) in [5, 5.41) is 6.02. The van der Waals surface area contributed by atoms with Crippen molar-refractivity contribution in [3.05, 3.63) is 24.5 Å². The van der Waals surface area contributed by atoms with Crippen molar-refractivity contribution in [3.63, 3.8) is 0 Å². The van der Waals surface area contributed by atoms with E-state index in [1.807, 2.05) is 18.2 Å². The predicted molar refractivity (Wildman–Crippen MR) is 101 cm³/mol. The molecule has 2 aromatic rings. The monoisotopic (exact) mass is 379 g/mol. The molecule has 142 valence electrons. The number of aromatic nitrogens is 2. The summed E-state index contributed by atoms with van der Waals surface area (Å²) >= 11 is 0. The number of fused-ring (bicyclic) bond motifs is 1. The summed E-state index contributed by atoms with van der Waals surface area (Å²) in [5.41, 5.74) is 0.863. The molecule has 8 nitrogen and oxygen atoms in total. The number of nitrogens with two attached hydrogens (primary N) is 1. The second-order valence-corrected chi connectivity index (χ2v) is 8.15. The minimum atomic E-state index is -3.63. The summed E-state index contributed by atoms with van der Waals surface area (Å²) < 4.78 is 29.8. The van der Waals surface area contributed by atoms with E-state index in [0.29, 0.717) is 12.5 Å². The van der Waals surface area contributed by atoms with Crippen molar-refractivity contribution in [1.29, 1.82) is 0 Å². The second kappa shape index (κ2) is 7.73. The largest absolute Gasteiger partial charge is 0.497 e. The quantitative estimate of drug-likeness (QED) is 0.782. The molecule has 1 aliphatic rings. The molecule has 0 aliphatic carbocycles. The van der Waals surface area contributed by atoms with Crippen LogP contribution in [0.4, 0.5) is 5.82 Å². The fourth-order valence-corrected chi connectivity index (χ4v) is 3.99. The lowest BCUT2D eigenvalue weighted by Crippen LogP contribution is -2.40. The van der Waals surface area contributed by atoms with Gasteiger partial charge >= 0.3 is 0 Å². The fraction of sp³-hybridized carbons (Fsp3) is 0.529. The molecule has 1 atom stereocenters. The van der Waals surface area contributed by atoms with Crippen LogP contribution in [0.1, 0.15) is 19.8 Å². The van der Waals surface area contributed by atoms with E-state index in [1.165, 1.54) is 0 Å². The molecule has 3 rings (SSSR count). The summed E-state index contributed by atoms with van der Waals surface area (Å²) in [7, 11) is -1.99. The van der Waals surface area contributed by atoms with Gasteiger partial charge < -0.3 is 9.64 Å². The van der Waals surface area contributed by atoms with Gasteiger partial charge in [0.2, 0.25) is 0 Å². The Bertz CT molecular complexity index is 866. The average molecular weight is 379 g/mol. The van der Waals surface area contributed by atoms with Crippen molar-refractivity contribution in [2.24, 2.45) is 17.0 Å². The Hall–Kier alpha value is -1.97. The number of piperidine rings is 1. The topological polar surface area (TPSA) is 110 Å². The third-order valence-electron chi connectivity index (χ3n) is 5.07. The van der Waals surface area contributed by atoms with Crippen LogP contribution in [0.25, 0.3) is 10.9 Å². The van der Waals surface area contributed by atoms with E-state index in [-0.39, 0.29) is 5.92 Å². The number of hydrogen-bond donors (Lipinski definition) is 2. The standard InChI is InChI=1S/C17H25N5O3S/c1-12(10-21-26(18,23)24)13-5-7-22(8-6-13)17-15-4-3-14(25-2)9-16(15)19-11-20-17/h3-4,9,11-13,21H,5-8,10H2,1-2H3,(H2,18,23,24). The normalized spacial score (nSPS) is 17.4. The summed E-state index contributed by atoms with van der Waals surface area (Å²) in [6.45, 7) is 4.19. The number of benzene rings is 1. The van der Waals surface area contributed by atoms with Gasteiger partial charge in [-0.25, -0.2) is 19.8 Å². The molecular weight excluding hydrogens is 354 g/mol. The molecule has 1 saturated heterocycles. The van der Waals surface area contributed by atoms with Gasteiger partial charge in [-0.2, -0.15) is 8.42 Å². The summed E-state index contributed by atoms with van der Waals surface area (Å²) in [6.07, 6.45) is 3.55. The highest BCUT2D eigenvalue weighted by Gasteiger charge is 2.26. The first-order valence-electron chi connectivity index (χ1n) is 8.68. The maximum Gasteiger partial charge on any atom is 0.274 e. The van der Waals surface area contributed by atoms with Crippen LogP contribution in [0.15, 0.2) is 24.5 Å². The van der Waals surface area contributed by atoms with Gasteiger partial charge in [-0.1, -0.05) is 6.92 Å². The van der Waals surface area contributed by atoms with Crippen LogP contribution in [0, 0.1) is 11.8 Å². The number of nitrogens with one attached hydrogen (secondary N) is 1. The SMILES string of the molecule is COc1ccc2c(N3CCC(C(C)CNS(N)(=O)=O)CC3)ncnc2c1. The van der Waals surface area contributed by atoms with E-state index in [0.717, 1.165) is 48.4 Å². The van der Waals surface area contributed by atoms with Gasteiger partial charge in [-0.15, -0.1) is 0 Å². The Kier molecular flexibility index (Phi) is 5.59. The Labute approximate surface area is 153 Å². The molecule has 0 spiro atoms. The molecular formula is C17H25N5O3S. The van der Waals surface area contributed by atoms with Gasteiger partial charge in [0.25, 0.3) is 10.2 Å². The molecule has 3 N–H and O–H groups in total. The lowest BCUT2D eigenvalue weighted by molar-refractivity contribution is 0.292. The van der Waals surface area contributed by atoms with E-state index >= 15 is 0 Å². The molecule has 0 saturated carbocycles. The minimum Gasteiger partial charge on any atom is -0.497 e. The smallest absolute Gasteiger partial charge is 0.274 e. The van der Waals surface area contributed by atoms with Crippen molar-refractivity contribution in [2.45, 2.75) is 19.8 Å². The van der Waals surface area contributed by atoms with Gasteiger partial charge in [0.05, 0.1) is 12.6 Å². The molecule has 9 heteroatoms. The van der Waals surface area contributed by atoms with Crippen LogP contribution >= 0.6 is 0 Å². The number of anilines is 1. The molecule has 1 fully saturated rings. The minimum absolute atomic E-state index is 0.238. The molecule has 0 bridgehead atoms. The second-order valence-electron chi connectivity index (χ2n) is 6.78. The highest BCUT2D eigenvalue weighted by atomic mass is 32.2. The summed E-state index contributed by atoms with van der Waals surface area (Å²) in [4.78, 5) is 11.1. The maximum atomic E-state index is 11.1. The zero-order valence-electron chi connectivity index (χ0n) is 15.1. The Morgan fingerprint density at radius 1 is 1.35 bits per heavy atom. The van der Waals surface area contributed by atoms with E-state index in [2.05, 4.69) is 26.5 Å². The fourth-order valence-electron chi connectivity index (χ4n) is 3.50. The average Bonchev–Trinajstić information content (AvgIpc) is 2.64. The zero-order chi connectivity index (χ0) is 18.7. The third kappa shape index (κ3) is 4.40. The first-order chi connectivity index (χ1) is 12.4. The molecule has 1 aliphatic heterocycles. The Balaban J connectivity index is 1.67. The number of hydrogen-bond acceptors (Lipinski definition) is 6. The maximum absolute atomic E-state index is 11.1. The van der Waals surface area contributed by atoms with Crippen LogP contribution in [0.3, 0.4) is 0 Å². The van der Waals surface area contributed by atoms with Crippen molar-refractivity contribution in [2.75, 3.05) is 31.6 Å². The van der Waals surface area contributed by atoms with Gasteiger partial charge in [0.15, 0.2) is 0 Å². The van der Waals surface area contributed by atoms with Crippen LogP contribution in [0.2, 0.25) is 0 Å². The highest BCUT2D eigenvalue weighted by Crippen LogP contribution is 2.31. The highest BCUT2D eigenvalue weighted by molar-refractivity contribution is 7.87. The lowest BCUT2D eigenvalue weighted by atomic mass is 9.85. The molecule has 0 amide bonds. The van der Waals surface area contributed by atoms with E-state index in [9.17, 15) is 8.42 Å². The number of methoxy groups -OCH3 is 1. The number of rotatable bonds is 6. The van der Waals surface area contributed by atoms with Gasteiger partial charge in [-0.05, 0) is 36.8 Å². The Morgan fingerprint density at radius 3 is 2.73 bits per heavy atom. The van der Waals surface area contributed by atoms with Gasteiger partial charge in [0, 0.05) is 31.1 Å². The van der Waals surface area contributed by atoms with Crippen LogP contribution in [-0.2, 0) is 10.2 Å². The first kappa shape index (κ1) is 18.8. The van der Waals surface area contributed by atoms with Crippen LogP contribution in [0.5, 0.6) is 5.75 Å². The molecule has 1 aromatic carbocycles. The molecule has 0 radical (unpaired) electrons.